The van der Waals surface area contributed by atoms with E-state index in [0.29, 0.717) is 0 Å². The number of hydrogen-bond donors (Lipinski definition) is 0. The topological polar surface area (TPSA) is 49.4 Å². The molecular weight excluding hydrogens is 152 g/mol. The van der Waals surface area contributed by atoms with Gasteiger partial charge in [0.05, 0.1) is 12.4 Å². The molecule has 0 bridgehead atoms. The Bertz CT molecular complexity index is 180. The Balaban J connectivity index is 2.67. The molecule has 0 N–H and O–H groups in total. The molecule has 0 aromatic carbocycles. The minimum atomic E-state index is 1.54. The fourth-order valence-electron chi connectivity index (χ4n) is 0.539. The normalized spacial score (nSPS) is 32.0. The van der Waals surface area contributed by atoms with Crippen LogP contribution in [0.3, 0.4) is 0 Å². The van der Waals surface area contributed by atoms with Gasteiger partial charge in [0.25, 0.3) is 0 Å². The molecule has 60 valence electrons. The molecule has 0 radical (unpaired) electrons. The van der Waals surface area contributed by atoms with Crippen molar-refractivity contribution in [2.45, 2.75) is 0 Å². The largest absolute Gasteiger partial charge is 0.137 e. The predicted octanol–water partition coefficient (Wildman–Crippen LogP) is 2.09. The Kier molecular flexibility index (Phi) is 4.07. The predicted molar refractivity (Wildman–Crippen MR) is 49.3 cm³/mol. The van der Waals surface area contributed by atoms with Crippen molar-refractivity contribution >= 4 is 12.4 Å². The summed E-state index contributed by atoms with van der Waals surface area (Å²) >= 11 is 0. The summed E-state index contributed by atoms with van der Waals surface area (Å²) in [5, 5.41) is 13.9. The second-order valence-electron chi connectivity index (χ2n) is 1.86. The van der Waals surface area contributed by atoms with E-state index in [-0.39, 0.29) is 0 Å². The summed E-state index contributed by atoms with van der Waals surface area (Å²) < 4.78 is 0. The molecule has 0 atom stereocenters. The van der Waals surface area contributed by atoms with Gasteiger partial charge in [-0.05, 0) is 22.6 Å². The zero-order valence-corrected chi connectivity index (χ0v) is 6.41. The number of rotatable bonds is 0. The highest BCUT2D eigenvalue weighted by Crippen LogP contribution is 1.82. The minimum absolute atomic E-state index is 1.54. The van der Waals surface area contributed by atoms with E-state index < -0.39 is 0 Å². The van der Waals surface area contributed by atoms with Crippen molar-refractivity contribution in [3.63, 3.8) is 0 Å². The van der Waals surface area contributed by atoms with Gasteiger partial charge in [-0.25, -0.2) is 0 Å². The molecule has 1 heterocycles. The SMILES string of the molecule is C1=C\C=C/C=N\N=N/N=C\C=C/1. The highest BCUT2D eigenvalue weighted by molar-refractivity contribution is 5.72. The van der Waals surface area contributed by atoms with Gasteiger partial charge in [-0.3, -0.25) is 0 Å². The molecule has 0 fully saturated rings. The molecule has 0 aromatic rings. The van der Waals surface area contributed by atoms with Crippen molar-refractivity contribution < 1.29 is 0 Å². The number of nitrogens with zero attached hydrogens (tertiary/aromatic N) is 4. The van der Waals surface area contributed by atoms with Crippen LogP contribution in [0.1, 0.15) is 0 Å². The summed E-state index contributed by atoms with van der Waals surface area (Å²) in [6.45, 7) is 0. The third-order valence-corrected chi connectivity index (χ3v) is 1.00. The van der Waals surface area contributed by atoms with E-state index in [1.807, 2.05) is 24.3 Å². The van der Waals surface area contributed by atoms with Crippen LogP contribution >= 0.6 is 0 Å². The number of allylic oxidation sites excluding steroid dienone is 6. The van der Waals surface area contributed by atoms with Gasteiger partial charge in [0, 0.05) is 0 Å². The van der Waals surface area contributed by atoms with Crippen LogP contribution in [0.2, 0.25) is 0 Å². The van der Waals surface area contributed by atoms with Gasteiger partial charge >= 0.3 is 0 Å². The van der Waals surface area contributed by atoms with E-state index >= 15 is 0 Å². The lowest BCUT2D eigenvalue weighted by molar-refractivity contribution is 0.966. The summed E-state index contributed by atoms with van der Waals surface area (Å²) in [5.41, 5.74) is 0. The Morgan fingerprint density at radius 2 is 0.917 bits per heavy atom. The van der Waals surface area contributed by atoms with Crippen LogP contribution in [0.5, 0.6) is 0 Å². The fourth-order valence-corrected chi connectivity index (χ4v) is 0.539. The molecule has 1 aliphatic heterocycles. The molecule has 1 aliphatic rings. The van der Waals surface area contributed by atoms with Gasteiger partial charge in [-0.2, -0.15) is 0 Å². The second kappa shape index (κ2) is 5.91. The first-order valence-electron chi connectivity index (χ1n) is 3.45. The van der Waals surface area contributed by atoms with Gasteiger partial charge in [-0.1, -0.05) is 24.3 Å². The first-order valence-corrected chi connectivity index (χ1v) is 3.45. The number of hydrogen-bond acceptors (Lipinski definition) is 4. The summed E-state index contributed by atoms with van der Waals surface area (Å²) in [7, 11) is 0. The van der Waals surface area contributed by atoms with Crippen LogP contribution in [0.15, 0.2) is 57.1 Å². The lowest BCUT2D eigenvalue weighted by Crippen LogP contribution is -1.64. The van der Waals surface area contributed by atoms with Crippen LogP contribution < -0.4 is 0 Å². The highest BCUT2D eigenvalue weighted by atomic mass is 15.5. The fraction of sp³-hybridized carbons (Fsp3) is 0. The first kappa shape index (κ1) is 8.26. The van der Waals surface area contributed by atoms with E-state index in [4.69, 9.17) is 0 Å². The zero-order valence-electron chi connectivity index (χ0n) is 6.41. The Hall–Kier alpha value is -1.84. The summed E-state index contributed by atoms with van der Waals surface area (Å²) in [6.07, 6.45) is 14.1. The van der Waals surface area contributed by atoms with E-state index in [0.717, 1.165) is 0 Å². The van der Waals surface area contributed by atoms with E-state index in [1.165, 1.54) is 12.4 Å². The lowest BCUT2D eigenvalue weighted by atomic mass is 10.4. The molecule has 0 amide bonds. The van der Waals surface area contributed by atoms with Crippen molar-refractivity contribution in [3.8, 4) is 0 Å². The quantitative estimate of drug-likeness (QED) is 0.521. The third-order valence-electron chi connectivity index (χ3n) is 1.00. The zero-order chi connectivity index (χ0) is 8.49. The monoisotopic (exact) mass is 160 g/mol. The summed E-state index contributed by atoms with van der Waals surface area (Å²) in [6, 6.07) is 0. The average molecular weight is 160 g/mol. The van der Waals surface area contributed by atoms with Crippen LogP contribution in [0, 0.1) is 0 Å². The first-order chi connectivity index (χ1) is 6.00. The molecule has 0 saturated heterocycles. The molecular formula is C8H8N4. The van der Waals surface area contributed by atoms with Gasteiger partial charge in [0.1, 0.15) is 0 Å². The summed E-state index contributed by atoms with van der Waals surface area (Å²) in [4.78, 5) is 0. The molecule has 4 nitrogen and oxygen atoms in total. The van der Waals surface area contributed by atoms with Crippen LogP contribution in [-0.2, 0) is 0 Å². The van der Waals surface area contributed by atoms with Crippen molar-refractivity contribution in [1.29, 1.82) is 0 Å². The molecule has 12 heavy (non-hydrogen) atoms. The van der Waals surface area contributed by atoms with Crippen molar-refractivity contribution in [1.82, 2.24) is 0 Å². The molecule has 0 unspecified atom stereocenters. The van der Waals surface area contributed by atoms with Crippen molar-refractivity contribution in [2.75, 3.05) is 0 Å². The van der Waals surface area contributed by atoms with Gasteiger partial charge < -0.3 is 0 Å². The van der Waals surface area contributed by atoms with Gasteiger partial charge in [-0.15, -0.1) is 10.2 Å². The van der Waals surface area contributed by atoms with Crippen molar-refractivity contribution in [2.24, 2.45) is 20.6 Å². The van der Waals surface area contributed by atoms with Crippen LogP contribution in [-0.4, -0.2) is 12.4 Å². The Morgan fingerprint density at radius 3 is 1.42 bits per heavy atom. The smallest absolute Gasteiger partial charge is 0.0514 e. The van der Waals surface area contributed by atoms with E-state index in [1.54, 1.807) is 12.2 Å². The maximum atomic E-state index is 3.58. The van der Waals surface area contributed by atoms with Crippen LogP contribution in [0.4, 0.5) is 0 Å². The van der Waals surface area contributed by atoms with E-state index in [9.17, 15) is 0 Å². The standard InChI is InChI=1S/C8H8N4/c1-2-4-6-8-10-12-11-9-7-5-3-1/h1-8H/b2-1-,3-1?,4-2?,5-3-,6-4-,7-5?,8-6?,9-7-,10-8-,11-9?,12-10?,12-11-. The third kappa shape index (κ3) is 4.05. The van der Waals surface area contributed by atoms with E-state index in [2.05, 4.69) is 20.6 Å². The van der Waals surface area contributed by atoms with Gasteiger partial charge in [0.15, 0.2) is 0 Å². The average Bonchev–Trinajstić information content (AvgIpc) is 2.05. The molecule has 0 saturated carbocycles. The summed E-state index contributed by atoms with van der Waals surface area (Å²) in [5.74, 6) is 0. The highest BCUT2D eigenvalue weighted by Gasteiger charge is 1.67. The molecule has 0 aromatic heterocycles. The Labute approximate surface area is 70.4 Å². The van der Waals surface area contributed by atoms with Gasteiger partial charge in [0.2, 0.25) is 0 Å². The van der Waals surface area contributed by atoms with Crippen LogP contribution in [0.25, 0.3) is 0 Å². The molecule has 0 aliphatic carbocycles. The second-order valence-corrected chi connectivity index (χ2v) is 1.86. The maximum absolute atomic E-state index is 3.58. The lowest BCUT2D eigenvalue weighted by Gasteiger charge is -1.75. The molecule has 0 spiro atoms. The Morgan fingerprint density at radius 1 is 0.500 bits per heavy atom. The minimum Gasteiger partial charge on any atom is -0.137 e. The maximum Gasteiger partial charge on any atom is 0.0514 e. The molecule has 1 rings (SSSR count). The van der Waals surface area contributed by atoms with Crippen molar-refractivity contribution in [3.05, 3.63) is 36.5 Å². The molecule has 4 heteroatoms.